The smallest absolute Gasteiger partial charge is 0.250 e. The molecule has 0 saturated carbocycles. The fraction of sp³-hybridized carbons (Fsp3) is 0.429. The number of benzene rings is 1. The van der Waals surface area contributed by atoms with Gasteiger partial charge >= 0.3 is 0 Å². The summed E-state index contributed by atoms with van der Waals surface area (Å²) in [5, 5.41) is 3.05. The van der Waals surface area contributed by atoms with Crippen molar-refractivity contribution in [1.82, 2.24) is 4.90 Å². The quantitative estimate of drug-likeness (QED) is 0.648. The van der Waals surface area contributed by atoms with E-state index in [1.807, 2.05) is 13.8 Å². The third-order valence-corrected chi connectivity index (χ3v) is 3.08. The minimum atomic E-state index is -0.546. The van der Waals surface area contributed by atoms with Crippen molar-refractivity contribution in [3.8, 4) is 0 Å². The number of hydrogen-bond donors (Lipinski definition) is 3. The Bertz CT molecular complexity index is 484. The van der Waals surface area contributed by atoms with Crippen LogP contribution in [-0.2, 0) is 4.79 Å². The summed E-state index contributed by atoms with van der Waals surface area (Å²) in [6.45, 7) is 5.73. The largest absolute Gasteiger partial charge is 0.399 e. The van der Waals surface area contributed by atoms with Crippen LogP contribution in [0.4, 0.5) is 11.4 Å². The Kier molecular flexibility index (Phi) is 5.83. The van der Waals surface area contributed by atoms with E-state index in [1.165, 1.54) is 6.07 Å². The van der Waals surface area contributed by atoms with Crippen molar-refractivity contribution in [2.45, 2.75) is 20.3 Å². The number of nitrogens with zero attached hydrogens (tertiary/aromatic N) is 1. The van der Waals surface area contributed by atoms with Gasteiger partial charge in [0.25, 0.3) is 5.91 Å². The topological polar surface area (TPSA) is 101 Å². The van der Waals surface area contributed by atoms with Crippen LogP contribution in [0.25, 0.3) is 0 Å². The van der Waals surface area contributed by atoms with Gasteiger partial charge in [-0.15, -0.1) is 0 Å². The molecule has 110 valence electrons. The molecule has 20 heavy (non-hydrogen) atoms. The van der Waals surface area contributed by atoms with Crippen LogP contribution in [0.2, 0.25) is 0 Å². The predicted octanol–water partition coefficient (Wildman–Crippen LogP) is 1.04. The summed E-state index contributed by atoms with van der Waals surface area (Å²) in [5.74, 6) is -0.464. The van der Waals surface area contributed by atoms with Crippen molar-refractivity contribution >= 4 is 23.2 Å². The lowest BCUT2D eigenvalue weighted by Crippen LogP contribution is -2.31. The number of carbonyl (C=O) groups is 2. The van der Waals surface area contributed by atoms with Crippen molar-refractivity contribution < 1.29 is 9.59 Å². The van der Waals surface area contributed by atoms with Gasteiger partial charge in [0.15, 0.2) is 0 Å². The average Bonchev–Trinajstić information content (AvgIpc) is 2.41. The first-order chi connectivity index (χ1) is 9.49. The average molecular weight is 278 g/mol. The summed E-state index contributed by atoms with van der Waals surface area (Å²) in [4.78, 5) is 24.9. The Labute approximate surface area is 119 Å². The number of rotatable bonds is 7. The lowest BCUT2D eigenvalue weighted by Gasteiger charge is -2.19. The van der Waals surface area contributed by atoms with Gasteiger partial charge in [0, 0.05) is 37.4 Å². The number of nitrogens with two attached hydrogens (primary N) is 2. The van der Waals surface area contributed by atoms with Crippen molar-refractivity contribution in [2.24, 2.45) is 5.73 Å². The molecular weight excluding hydrogens is 256 g/mol. The molecule has 0 heterocycles. The van der Waals surface area contributed by atoms with Crippen molar-refractivity contribution in [1.29, 1.82) is 0 Å². The van der Waals surface area contributed by atoms with E-state index in [2.05, 4.69) is 5.32 Å². The molecule has 5 N–H and O–H groups in total. The Morgan fingerprint density at radius 3 is 2.45 bits per heavy atom. The number of primary amides is 1. The van der Waals surface area contributed by atoms with Crippen LogP contribution in [0.5, 0.6) is 0 Å². The monoisotopic (exact) mass is 278 g/mol. The fourth-order valence-corrected chi connectivity index (χ4v) is 1.96. The maximum absolute atomic E-state index is 11.8. The first-order valence-corrected chi connectivity index (χ1v) is 6.70. The maximum atomic E-state index is 11.8. The van der Waals surface area contributed by atoms with Gasteiger partial charge < -0.3 is 21.7 Å². The third-order valence-electron chi connectivity index (χ3n) is 3.08. The van der Waals surface area contributed by atoms with E-state index in [0.717, 1.165) is 0 Å². The molecule has 0 unspecified atom stereocenters. The SMILES string of the molecule is CCN(CC)C(=O)CCNc1ccc(N)cc1C(N)=O. The molecule has 0 aliphatic carbocycles. The van der Waals surface area contributed by atoms with E-state index in [4.69, 9.17) is 11.5 Å². The molecule has 0 aliphatic rings. The maximum Gasteiger partial charge on any atom is 0.250 e. The summed E-state index contributed by atoms with van der Waals surface area (Å²) >= 11 is 0. The zero-order valence-electron chi connectivity index (χ0n) is 12.0. The Hall–Kier alpha value is -2.24. The second-order valence-corrected chi connectivity index (χ2v) is 4.41. The van der Waals surface area contributed by atoms with Gasteiger partial charge in [0.2, 0.25) is 5.91 Å². The summed E-state index contributed by atoms with van der Waals surface area (Å²) in [5.41, 5.74) is 12.3. The van der Waals surface area contributed by atoms with Crippen molar-refractivity contribution in [3.63, 3.8) is 0 Å². The summed E-state index contributed by atoms with van der Waals surface area (Å²) in [7, 11) is 0. The molecule has 1 rings (SSSR count). The highest BCUT2D eigenvalue weighted by molar-refractivity contribution is 5.99. The van der Waals surface area contributed by atoms with Crippen LogP contribution >= 0.6 is 0 Å². The Morgan fingerprint density at radius 1 is 1.25 bits per heavy atom. The van der Waals surface area contributed by atoms with E-state index in [9.17, 15) is 9.59 Å². The van der Waals surface area contributed by atoms with Crippen LogP contribution in [0.15, 0.2) is 18.2 Å². The van der Waals surface area contributed by atoms with Crippen LogP contribution < -0.4 is 16.8 Å². The molecule has 0 fully saturated rings. The molecule has 0 saturated heterocycles. The molecule has 1 aromatic carbocycles. The van der Waals surface area contributed by atoms with E-state index >= 15 is 0 Å². The summed E-state index contributed by atoms with van der Waals surface area (Å²) in [6.07, 6.45) is 0.365. The zero-order chi connectivity index (χ0) is 15.1. The second-order valence-electron chi connectivity index (χ2n) is 4.41. The van der Waals surface area contributed by atoms with E-state index < -0.39 is 5.91 Å². The molecule has 0 bridgehead atoms. The van der Waals surface area contributed by atoms with Gasteiger partial charge in [-0.25, -0.2) is 0 Å². The zero-order valence-corrected chi connectivity index (χ0v) is 12.0. The number of amides is 2. The molecule has 0 aromatic heterocycles. The molecule has 1 aromatic rings. The van der Waals surface area contributed by atoms with Gasteiger partial charge in [0.05, 0.1) is 5.56 Å². The number of anilines is 2. The van der Waals surface area contributed by atoms with E-state index in [1.54, 1.807) is 17.0 Å². The highest BCUT2D eigenvalue weighted by atomic mass is 16.2. The number of hydrogen-bond acceptors (Lipinski definition) is 4. The number of nitrogen functional groups attached to an aromatic ring is 1. The Morgan fingerprint density at radius 2 is 1.90 bits per heavy atom. The predicted molar refractivity (Wildman–Crippen MR) is 80.4 cm³/mol. The van der Waals surface area contributed by atoms with Crippen molar-refractivity contribution in [3.05, 3.63) is 23.8 Å². The van der Waals surface area contributed by atoms with Gasteiger partial charge in [-0.1, -0.05) is 0 Å². The molecule has 0 atom stereocenters. The molecular formula is C14H22N4O2. The molecule has 0 spiro atoms. The molecule has 6 heteroatoms. The van der Waals surface area contributed by atoms with E-state index in [0.29, 0.717) is 43.0 Å². The van der Waals surface area contributed by atoms with Gasteiger partial charge in [0.1, 0.15) is 0 Å². The van der Waals surface area contributed by atoms with Gasteiger partial charge in [-0.2, -0.15) is 0 Å². The molecule has 2 amide bonds. The van der Waals surface area contributed by atoms with Crippen LogP contribution in [0.1, 0.15) is 30.6 Å². The number of carbonyl (C=O) groups excluding carboxylic acids is 2. The number of nitrogens with one attached hydrogen (secondary N) is 1. The first-order valence-electron chi connectivity index (χ1n) is 6.70. The normalized spacial score (nSPS) is 10.1. The molecule has 0 radical (unpaired) electrons. The first kappa shape index (κ1) is 15.8. The Balaban J connectivity index is 2.62. The lowest BCUT2D eigenvalue weighted by atomic mass is 10.1. The van der Waals surface area contributed by atoms with Crippen LogP contribution in [0, 0.1) is 0 Å². The summed E-state index contributed by atoms with van der Waals surface area (Å²) < 4.78 is 0. The van der Waals surface area contributed by atoms with E-state index in [-0.39, 0.29) is 5.91 Å². The second kappa shape index (κ2) is 7.37. The highest BCUT2D eigenvalue weighted by Crippen LogP contribution is 2.18. The van der Waals surface area contributed by atoms with Gasteiger partial charge in [-0.3, -0.25) is 9.59 Å². The minimum absolute atomic E-state index is 0.0820. The van der Waals surface area contributed by atoms with Crippen LogP contribution in [0.3, 0.4) is 0 Å². The fourth-order valence-electron chi connectivity index (χ4n) is 1.96. The molecule has 0 aliphatic heterocycles. The minimum Gasteiger partial charge on any atom is -0.399 e. The van der Waals surface area contributed by atoms with Crippen molar-refractivity contribution in [2.75, 3.05) is 30.7 Å². The lowest BCUT2D eigenvalue weighted by molar-refractivity contribution is -0.130. The standard InChI is InChI=1S/C14H22N4O2/c1-3-18(4-2)13(19)7-8-17-12-6-5-10(15)9-11(12)14(16)20/h5-6,9,17H,3-4,7-8,15H2,1-2H3,(H2,16,20). The highest BCUT2D eigenvalue weighted by Gasteiger charge is 2.11. The van der Waals surface area contributed by atoms with Crippen LogP contribution in [-0.4, -0.2) is 36.3 Å². The summed E-state index contributed by atoms with van der Waals surface area (Å²) in [6, 6.07) is 4.90. The van der Waals surface area contributed by atoms with Gasteiger partial charge in [-0.05, 0) is 32.0 Å². The third kappa shape index (κ3) is 4.15. The molecule has 6 nitrogen and oxygen atoms in total.